The number of hydrogen-bond donors (Lipinski definition) is 1. The Hall–Kier alpha value is -3.45. The smallest absolute Gasteiger partial charge is 0.234 e. The molecule has 5 nitrogen and oxygen atoms in total. The van der Waals surface area contributed by atoms with Gasteiger partial charge in [0, 0.05) is 36.4 Å². The van der Waals surface area contributed by atoms with Gasteiger partial charge in [-0.2, -0.15) is 0 Å². The molecule has 156 valence electrons. The summed E-state index contributed by atoms with van der Waals surface area (Å²) in [6.07, 6.45) is 0. The van der Waals surface area contributed by atoms with Gasteiger partial charge in [0.1, 0.15) is 10.8 Å². The van der Waals surface area contributed by atoms with Crippen LogP contribution in [0.5, 0.6) is 0 Å². The Labute approximate surface area is 184 Å². The average Bonchev–Trinajstić information content (AvgIpc) is 2.78. The first-order valence-corrected chi connectivity index (χ1v) is 10.7. The van der Waals surface area contributed by atoms with E-state index in [9.17, 15) is 9.18 Å². The number of carbonyl (C=O) groups excluding carboxylic acids is 1. The van der Waals surface area contributed by atoms with Gasteiger partial charge in [0.25, 0.3) is 0 Å². The number of carbonyl (C=O) groups is 1. The molecule has 1 heterocycles. The highest BCUT2D eigenvalue weighted by molar-refractivity contribution is 8.00. The molecule has 0 bridgehead atoms. The molecule has 4 rings (SSSR count). The quantitative estimate of drug-likeness (QED) is 0.334. The van der Waals surface area contributed by atoms with Crippen LogP contribution < -0.4 is 10.2 Å². The lowest BCUT2D eigenvalue weighted by Crippen LogP contribution is -2.14. The van der Waals surface area contributed by atoms with Gasteiger partial charge in [-0.1, -0.05) is 42.1 Å². The molecule has 7 heteroatoms. The molecule has 1 amide bonds. The molecular formula is C24H21FN4OS. The van der Waals surface area contributed by atoms with Gasteiger partial charge in [0.2, 0.25) is 5.91 Å². The predicted molar refractivity (Wildman–Crippen MR) is 125 cm³/mol. The van der Waals surface area contributed by atoms with Crippen molar-refractivity contribution >= 4 is 39.9 Å². The molecule has 0 saturated carbocycles. The molecule has 3 aromatic carbocycles. The maximum atomic E-state index is 13.9. The molecule has 31 heavy (non-hydrogen) atoms. The van der Waals surface area contributed by atoms with Crippen LogP contribution in [0.2, 0.25) is 0 Å². The number of halogens is 1. The summed E-state index contributed by atoms with van der Waals surface area (Å²) in [4.78, 5) is 23.7. The van der Waals surface area contributed by atoms with Crippen molar-refractivity contribution in [1.29, 1.82) is 0 Å². The first-order chi connectivity index (χ1) is 15.0. The zero-order valence-corrected chi connectivity index (χ0v) is 18.0. The molecule has 0 fully saturated rings. The number of hydrogen-bond acceptors (Lipinski definition) is 5. The minimum absolute atomic E-state index is 0.145. The highest BCUT2D eigenvalue weighted by atomic mass is 32.2. The van der Waals surface area contributed by atoms with Gasteiger partial charge in [-0.25, -0.2) is 14.4 Å². The molecule has 0 aliphatic heterocycles. The summed E-state index contributed by atoms with van der Waals surface area (Å²) in [7, 11) is 3.92. The van der Waals surface area contributed by atoms with Crippen molar-refractivity contribution < 1.29 is 9.18 Å². The van der Waals surface area contributed by atoms with Crippen LogP contribution >= 0.6 is 11.8 Å². The van der Waals surface area contributed by atoms with Gasteiger partial charge in [-0.05, 0) is 42.5 Å². The fraction of sp³-hybridized carbons (Fsp3) is 0.125. The van der Waals surface area contributed by atoms with Gasteiger partial charge in [0.05, 0.1) is 11.3 Å². The molecule has 0 saturated heterocycles. The van der Waals surface area contributed by atoms with E-state index in [1.807, 2.05) is 73.6 Å². The van der Waals surface area contributed by atoms with Crippen molar-refractivity contribution in [2.24, 2.45) is 0 Å². The van der Waals surface area contributed by atoms with Crippen molar-refractivity contribution in [1.82, 2.24) is 9.97 Å². The number of amides is 1. The Morgan fingerprint density at radius 2 is 1.74 bits per heavy atom. The normalized spacial score (nSPS) is 10.8. The molecule has 0 aliphatic rings. The standard InChI is InChI=1S/C24H21FN4OS/c1-29(2)19-11-9-18(10-12-19)26-22(30)15-31-24-20-14-17(25)8-13-21(20)27-23(28-24)16-6-4-3-5-7-16/h3-14H,15H2,1-2H3,(H,26,30). The van der Waals surface area contributed by atoms with Crippen molar-refractivity contribution in [3.63, 3.8) is 0 Å². The van der Waals surface area contributed by atoms with Gasteiger partial charge in [0.15, 0.2) is 5.82 Å². The lowest BCUT2D eigenvalue weighted by molar-refractivity contribution is -0.113. The Morgan fingerprint density at radius 1 is 1.00 bits per heavy atom. The van der Waals surface area contributed by atoms with E-state index in [0.29, 0.717) is 21.8 Å². The van der Waals surface area contributed by atoms with Gasteiger partial charge >= 0.3 is 0 Å². The van der Waals surface area contributed by atoms with Crippen molar-refractivity contribution in [2.75, 3.05) is 30.1 Å². The van der Waals surface area contributed by atoms with E-state index in [1.165, 1.54) is 23.9 Å². The third-order valence-electron chi connectivity index (χ3n) is 4.66. The van der Waals surface area contributed by atoms with Crippen LogP contribution in [-0.2, 0) is 4.79 Å². The van der Waals surface area contributed by atoms with E-state index in [0.717, 1.165) is 16.9 Å². The summed E-state index contributed by atoms with van der Waals surface area (Å²) in [6.45, 7) is 0. The molecule has 1 aromatic heterocycles. The molecule has 0 unspecified atom stereocenters. The zero-order valence-electron chi connectivity index (χ0n) is 17.2. The largest absolute Gasteiger partial charge is 0.378 e. The van der Waals surface area contributed by atoms with E-state index in [2.05, 4.69) is 15.3 Å². The number of anilines is 2. The third kappa shape index (κ3) is 5.00. The Balaban J connectivity index is 1.55. The summed E-state index contributed by atoms with van der Waals surface area (Å²) in [6, 6.07) is 21.6. The maximum Gasteiger partial charge on any atom is 0.234 e. The fourth-order valence-electron chi connectivity index (χ4n) is 3.07. The lowest BCUT2D eigenvalue weighted by Gasteiger charge is -2.13. The Bertz CT molecular complexity index is 1210. The van der Waals surface area contributed by atoms with Crippen LogP contribution in [0.25, 0.3) is 22.3 Å². The minimum Gasteiger partial charge on any atom is -0.378 e. The maximum absolute atomic E-state index is 13.9. The Kier molecular flexibility index (Phi) is 6.13. The van der Waals surface area contributed by atoms with Crippen LogP contribution in [0.3, 0.4) is 0 Å². The Morgan fingerprint density at radius 3 is 2.45 bits per heavy atom. The van der Waals surface area contributed by atoms with E-state index in [4.69, 9.17) is 0 Å². The van der Waals surface area contributed by atoms with Gasteiger partial charge in [-0.15, -0.1) is 0 Å². The number of nitrogens with zero attached hydrogens (tertiary/aromatic N) is 3. The highest BCUT2D eigenvalue weighted by Gasteiger charge is 2.13. The van der Waals surface area contributed by atoms with Crippen LogP contribution in [0.1, 0.15) is 0 Å². The van der Waals surface area contributed by atoms with Gasteiger partial charge in [-0.3, -0.25) is 4.79 Å². The summed E-state index contributed by atoms with van der Waals surface area (Å²) in [5.41, 5.74) is 3.27. The van der Waals surface area contributed by atoms with Crippen molar-refractivity contribution in [3.05, 3.63) is 78.6 Å². The predicted octanol–water partition coefficient (Wildman–Crippen LogP) is 5.23. The molecule has 0 spiro atoms. The minimum atomic E-state index is -0.365. The van der Waals surface area contributed by atoms with E-state index < -0.39 is 0 Å². The SMILES string of the molecule is CN(C)c1ccc(NC(=O)CSc2nc(-c3ccccc3)nc3ccc(F)cc23)cc1. The monoisotopic (exact) mass is 432 g/mol. The van der Waals surface area contributed by atoms with Crippen LogP contribution in [0.4, 0.5) is 15.8 Å². The topological polar surface area (TPSA) is 58.1 Å². The number of thioether (sulfide) groups is 1. The number of rotatable bonds is 6. The number of benzene rings is 3. The molecule has 0 atom stereocenters. The number of nitrogens with one attached hydrogen (secondary N) is 1. The number of fused-ring (bicyclic) bond motifs is 1. The first-order valence-electron chi connectivity index (χ1n) is 9.72. The second kappa shape index (κ2) is 9.14. The van der Waals surface area contributed by atoms with Crippen molar-refractivity contribution in [2.45, 2.75) is 5.03 Å². The van der Waals surface area contributed by atoms with E-state index >= 15 is 0 Å². The van der Waals surface area contributed by atoms with Crippen LogP contribution in [0.15, 0.2) is 77.8 Å². The summed E-state index contributed by atoms with van der Waals surface area (Å²) < 4.78 is 13.9. The van der Waals surface area contributed by atoms with E-state index in [-0.39, 0.29) is 17.5 Å². The second-order valence-electron chi connectivity index (χ2n) is 7.16. The molecule has 1 N–H and O–H groups in total. The second-order valence-corrected chi connectivity index (χ2v) is 8.12. The lowest BCUT2D eigenvalue weighted by atomic mass is 10.2. The summed E-state index contributed by atoms with van der Waals surface area (Å²) in [5, 5.41) is 4.05. The molecule has 0 aliphatic carbocycles. The van der Waals surface area contributed by atoms with Crippen LogP contribution in [-0.4, -0.2) is 35.7 Å². The third-order valence-corrected chi connectivity index (χ3v) is 5.65. The zero-order chi connectivity index (χ0) is 21.8. The number of aromatic nitrogens is 2. The van der Waals surface area contributed by atoms with E-state index in [1.54, 1.807) is 6.07 Å². The molecule has 4 aromatic rings. The first kappa shape index (κ1) is 20.8. The molecule has 0 radical (unpaired) electrons. The summed E-state index contributed by atoms with van der Waals surface area (Å²) >= 11 is 1.26. The van der Waals surface area contributed by atoms with Gasteiger partial charge < -0.3 is 10.2 Å². The average molecular weight is 433 g/mol. The fourth-order valence-corrected chi connectivity index (χ4v) is 3.88. The van der Waals surface area contributed by atoms with Crippen molar-refractivity contribution in [3.8, 4) is 11.4 Å². The highest BCUT2D eigenvalue weighted by Crippen LogP contribution is 2.29. The van der Waals surface area contributed by atoms with Crippen LogP contribution in [0, 0.1) is 5.82 Å². The summed E-state index contributed by atoms with van der Waals surface area (Å²) in [5.74, 6) is 0.163. The molecular weight excluding hydrogens is 411 g/mol.